The first-order chi connectivity index (χ1) is 13.5. The minimum atomic E-state index is -0.274. The SMILES string of the molecule is COc1ccc(OC)c(C(C)NC(=O)N2CCN(C3CCCCC3)C(=O)C2)c1. The summed E-state index contributed by atoms with van der Waals surface area (Å²) < 4.78 is 10.7. The predicted octanol–water partition coefficient (Wildman–Crippen LogP) is 2.95. The van der Waals surface area contributed by atoms with Crippen LogP contribution in [0.15, 0.2) is 18.2 Å². The fourth-order valence-corrected chi connectivity index (χ4v) is 4.17. The Hall–Kier alpha value is -2.44. The average Bonchev–Trinajstić information content (AvgIpc) is 2.73. The number of rotatable bonds is 5. The van der Waals surface area contributed by atoms with Crippen LogP contribution in [0.4, 0.5) is 4.79 Å². The summed E-state index contributed by atoms with van der Waals surface area (Å²) in [5.74, 6) is 1.44. The molecule has 7 heteroatoms. The van der Waals surface area contributed by atoms with E-state index in [2.05, 4.69) is 5.32 Å². The van der Waals surface area contributed by atoms with Crippen LogP contribution in [0.3, 0.4) is 0 Å². The van der Waals surface area contributed by atoms with Crippen LogP contribution in [0.1, 0.15) is 50.6 Å². The summed E-state index contributed by atoms with van der Waals surface area (Å²) in [6.07, 6.45) is 5.82. The second-order valence-electron chi connectivity index (χ2n) is 7.58. The fraction of sp³-hybridized carbons (Fsp3) is 0.619. The van der Waals surface area contributed by atoms with Crippen molar-refractivity contribution in [2.75, 3.05) is 33.9 Å². The van der Waals surface area contributed by atoms with Crippen LogP contribution in [0.2, 0.25) is 0 Å². The second kappa shape index (κ2) is 9.17. The van der Waals surface area contributed by atoms with Gasteiger partial charge in [-0.05, 0) is 38.0 Å². The summed E-state index contributed by atoms with van der Waals surface area (Å²) in [6, 6.07) is 5.35. The molecular formula is C21H31N3O4. The zero-order valence-corrected chi connectivity index (χ0v) is 17.1. The minimum absolute atomic E-state index is 0.0555. The summed E-state index contributed by atoms with van der Waals surface area (Å²) in [5, 5.41) is 2.99. The Kier molecular flexibility index (Phi) is 6.65. The Morgan fingerprint density at radius 1 is 1.14 bits per heavy atom. The average molecular weight is 389 g/mol. The smallest absolute Gasteiger partial charge is 0.318 e. The van der Waals surface area contributed by atoms with E-state index in [0.29, 0.717) is 30.6 Å². The number of piperazine rings is 1. The van der Waals surface area contributed by atoms with E-state index < -0.39 is 0 Å². The molecule has 0 bridgehead atoms. The Morgan fingerprint density at radius 3 is 2.54 bits per heavy atom. The molecule has 2 fully saturated rings. The lowest BCUT2D eigenvalue weighted by Gasteiger charge is -2.40. The molecule has 0 radical (unpaired) electrons. The Labute approximate surface area is 167 Å². The molecule has 2 aliphatic rings. The molecule has 1 saturated heterocycles. The van der Waals surface area contributed by atoms with Gasteiger partial charge in [-0.15, -0.1) is 0 Å². The van der Waals surface area contributed by atoms with Gasteiger partial charge in [0.2, 0.25) is 5.91 Å². The van der Waals surface area contributed by atoms with Crippen molar-refractivity contribution in [3.8, 4) is 11.5 Å². The molecule has 1 aliphatic heterocycles. The minimum Gasteiger partial charge on any atom is -0.497 e. The second-order valence-corrected chi connectivity index (χ2v) is 7.58. The zero-order valence-electron chi connectivity index (χ0n) is 17.1. The van der Waals surface area contributed by atoms with E-state index in [1.807, 2.05) is 30.0 Å². The monoisotopic (exact) mass is 389 g/mol. The number of carbonyl (C=O) groups excluding carboxylic acids is 2. The van der Waals surface area contributed by atoms with Gasteiger partial charge in [0.1, 0.15) is 18.0 Å². The number of methoxy groups -OCH3 is 2. The van der Waals surface area contributed by atoms with Crippen LogP contribution >= 0.6 is 0 Å². The Morgan fingerprint density at radius 2 is 1.89 bits per heavy atom. The van der Waals surface area contributed by atoms with Gasteiger partial charge < -0.3 is 24.6 Å². The lowest BCUT2D eigenvalue weighted by Crippen LogP contribution is -2.57. The maximum atomic E-state index is 12.7. The highest BCUT2D eigenvalue weighted by Crippen LogP contribution is 2.29. The highest BCUT2D eigenvalue weighted by molar-refractivity contribution is 5.85. The number of hydrogen-bond donors (Lipinski definition) is 1. The van der Waals surface area contributed by atoms with E-state index in [-0.39, 0.29) is 24.5 Å². The molecule has 1 heterocycles. The number of hydrogen-bond acceptors (Lipinski definition) is 4. The van der Waals surface area contributed by atoms with Gasteiger partial charge in [-0.3, -0.25) is 4.79 Å². The number of nitrogens with zero attached hydrogens (tertiary/aromatic N) is 2. The molecule has 1 aromatic rings. The van der Waals surface area contributed by atoms with Gasteiger partial charge in [-0.1, -0.05) is 19.3 Å². The summed E-state index contributed by atoms with van der Waals surface area (Å²) in [4.78, 5) is 28.9. The van der Waals surface area contributed by atoms with E-state index >= 15 is 0 Å². The van der Waals surface area contributed by atoms with Crippen LogP contribution in [-0.4, -0.2) is 61.6 Å². The lowest BCUT2D eigenvalue weighted by atomic mass is 9.93. The standard InChI is InChI=1S/C21H31N3O4/c1-15(18-13-17(27-2)9-10-19(18)28-3)22-21(26)23-11-12-24(20(25)14-23)16-7-5-4-6-8-16/h9-10,13,15-16H,4-8,11-12,14H2,1-3H3,(H,22,26). The van der Waals surface area contributed by atoms with Gasteiger partial charge in [-0.25, -0.2) is 4.79 Å². The van der Waals surface area contributed by atoms with Crippen molar-refractivity contribution in [1.29, 1.82) is 0 Å². The van der Waals surface area contributed by atoms with E-state index in [0.717, 1.165) is 18.4 Å². The number of carbonyl (C=O) groups is 2. The molecule has 1 aliphatic carbocycles. The third-order valence-electron chi connectivity index (χ3n) is 5.80. The van der Waals surface area contributed by atoms with Crippen LogP contribution in [0.25, 0.3) is 0 Å². The molecular weight excluding hydrogens is 358 g/mol. The third kappa shape index (κ3) is 4.51. The molecule has 0 aromatic heterocycles. The summed E-state index contributed by atoms with van der Waals surface area (Å²) >= 11 is 0. The van der Waals surface area contributed by atoms with E-state index in [1.54, 1.807) is 19.1 Å². The fourth-order valence-electron chi connectivity index (χ4n) is 4.17. The van der Waals surface area contributed by atoms with Crippen LogP contribution in [0, 0.1) is 0 Å². The molecule has 154 valence electrons. The summed E-state index contributed by atoms with van der Waals surface area (Å²) in [6.45, 7) is 3.23. The molecule has 0 spiro atoms. The van der Waals surface area contributed by atoms with E-state index in [4.69, 9.17) is 9.47 Å². The number of benzene rings is 1. The van der Waals surface area contributed by atoms with Crippen molar-refractivity contribution >= 4 is 11.9 Å². The highest BCUT2D eigenvalue weighted by atomic mass is 16.5. The van der Waals surface area contributed by atoms with Crippen molar-refractivity contribution in [2.24, 2.45) is 0 Å². The van der Waals surface area contributed by atoms with Gasteiger partial charge in [0.05, 0.1) is 20.3 Å². The van der Waals surface area contributed by atoms with Gasteiger partial charge in [0, 0.05) is 24.7 Å². The predicted molar refractivity (Wildman–Crippen MR) is 107 cm³/mol. The molecule has 1 atom stereocenters. The van der Waals surface area contributed by atoms with Crippen molar-refractivity contribution in [3.63, 3.8) is 0 Å². The molecule has 1 aromatic carbocycles. The number of urea groups is 1. The quantitative estimate of drug-likeness (QED) is 0.841. The van der Waals surface area contributed by atoms with Crippen molar-refractivity contribution in [3.05, 3.63) is 23.8 Å². The molecule has 28 heavy (non-hydrogen) atoms. The summed E-state index contributed by atoms with van der Waals surface area (Å²) in [5.41, 5.74) is 0.836. The Balaban J connectivity index is 1.60. The largest absolute Gasteiger partial charge is 0.497 e. The molecule has 3 rings (SSSR count). The van der Waals surface area contributed by atoms with Crippen molar-refractivity contribution in [1.82, 2.24) is 15.1 Å². The first kappa shape index (κ1) is 20.3. The lowest BCUT2D eigenvalue weighted by molar-refractivity contribution is -0.138. The van der Waals surface area contributed by atoms with Crippen LogP contribution in [-0.2, 0) is 4.79 Å². The van der Waals surface area contributed by atoms with Gasteiger partial charge in [0.25, 0.3) is 0 Å². The van der Waals surface area contributed by atoms with Crippen LogP contribution < -0.4 is 14.8 Å². The van der Waals surface area contributed by atoms with E-state index in [1.165, 1.54) is 19.3 Å². The molecule has 7 nitrogen and oxygen atoms in total. The Bertz CT molecular complexity index is 703. The number of amides is 3. The maximum absolute atomic E-state index is 12.7. The number of nitrogens with one attached hydrogen (secondary N) is 1. The van der Waals surface area contributed by atoms with E-state index in [9.17, 15) is 9.59 Å². The normalized spacial score (nSPS) is 19.3. The highest BCUT2D eigenvalue weighted by Gasteiger charge is 2.32. The summed E-state index contributed by atoms with van der Waals surface area (Å²) in [7, 11) is 3.20. The first-order valence-electron chi connectivity index (χ1n) is 10.1. The topological polar surface area (TPSA) is 71.1 Å². The third-order valence-corrected chi connectivity index (χ3v) is 5.80. The van der Waals surface area contributed by atoms with Crippen molar-refractivity contribution < 1.29 is 19.1 Å². The first-order valence-corrected chi connectivity index (χ1v) is 10.1. The molecule has 1 saturated carbocycles. The molecule has 1 N–H and O–H groups in total. The van der Waals surface area contributed by atoms with Gasteiger partial charge >= 0.3 is 6.03 Å². The molecule has 1 unspecified atom stereocenters. The maximum Gasteiger partial charge on any atom is 0.318 e. The van der Waals surface area contributed by atoms with Gasteiger partial charge in [0.15, 0.2) is 0 Å². The van der Waals surface area contributed by atoms with Gasteiger partial charge in [-0.2, -0.15) is 0 Å². The zero-order chi connectivity index (χ0) is 20.1. The van der Waals surface area contributed by atoms with Crippen molar-refractivity contribution in [2.45, 2.75) is 51.1 Å². The molecule has 3 amide bonds. The number of ether oxygens (including phenoxy) is 2. The van der Waals surface area contributed by atoms with Crippen LogP contribution in [0.5, 0.6) is 11.5 Å².